The smallest absolute Gasteiger partial charge is 0.294 e. The molecule has 0 unspecified atom stereocenters. The van der Waals surface area contributed by atoms with E-state index in [4.69, 9.17) is 4.42 Å². The molecule has 0 radical (unpaired) electrons. The van der Waals surface area contributed by atoms with Crippen molar-refractivity contribution in [1.82, 2.24) is 14.8 Å². The zero-order valence-corrected chi connectivity index (χ0v) is 14.1. The average Bonchev–Trinajstić information content (AvgIpc) is 3.28. The average molecular weight is 351 g/mol. The number of hydrogen-bond acceptors (Lipinski definition) is 6. The molecule has 1 aromatic carbocycles. The van der Waals surface area contributed by atoms with Crippen molar-refractivity contribution < 1.29 is 9.21 Å². The van der Waals surface area contributed by atoms with Crippen molar-refractivity contribution in [1.29, 1.82) is 0 Å². The van der Waals surface area contributed by atoms with E-state index >= 15 is 0 Å². The number of carbonyl (C=O) groups excluding carboxylic acids is 1. The van der Waals surface area contributed by atoms with Crippen LogP contribution >= 0.6 is 11.3 Å². The van der Waals surface area contributed by atoms with Gasteiger partial charge in [0.1, 0.15) is 12.2 Å². The fourth-order valence-corrected chi connectivity index (χ4v) is 3.50. The Morgan fingerprint density at radius 1 is 1.20 bits per heavy atom. The van der Waals surface area contributed by atoms with E-state index in [0.29, 0.717) is 27.2 Å². The number of carbonyl (C=O) groups is 1. The summed E-state index contributed by atoms with van der Waals surface area (Å²) in [6.45, 7) is 1.68. The van der Waals surface area contributed by atoms with E-state index < -0.39 is 0 Å². The molecule has 7 heteroatoms. The summed E-state index contributed by atoms with van der Waals surface area (Å²) in [5.41, 5.74) is 0.986. The first-order chi connectivity index (χ1) is 12.1. The molecule has 124 valence electrons. The third kappa shape index (κ3) is 2.78. The molecule has 0 amide bonds. The van der Waals surface area contributed by atoms with E-state index in [1.54, 1.807) is 42.7 Å². The molecule has 3 heterocycles. The van der Waals surface area contributed by atoms with E-state index in [1.807, 2.05) is 13.0 Å². The number of thiazole rings is 1. The number of ketones is 1. The van der Waals surface area contributed by atoms with Gasteiger partial charge in [-0.1, -0.05) is 30.3 Å². The number of aromatic nitrogens is 3. The molecule has 0 spiro atoms. The van der Waals surface area contributed by atoms with Gasteiger partial charge in [-0.05, 0) is 19.1 Å². The summed E-state index contributed by atoms with van der Waals surface area (Å²) in [7, 11) is 0. The van der Waals surface area contributed by atoms with Crippen molar-refractivity contribution in [2.75, 3.05) is 0 Å². The van der Waals surface area contributed by atoms with Crippen LogP contribution in [0.15, 0.2) is 57.9 Å². The highest BCUT2D eigenvalue weighted by Gasteiger charge is 2.19. The number of furan rings is 1. The van der Waals surface area contributed by atoms with Crippen LogP contribution in [0.5, 0.6) is 0 Å². The zero-order chi connectivity index (χ0) is 17.4. The summed E-state index contributed by atoms with van der Waals surface area (Å²) < 4.78 is 7.27. The Morgan fingerprint density at radius 3 is 2.72 bits per heavy atom. The van der Waals surface area contributed by atoms with Gasteiger partial charge in [-0.25, -0.2) is 9.67 Å². The predicted molar refractivity (Wildman–Crippen MR) is 94.9 cm³/mol. The largest absolute Gasteiger partial charge is 0.463 e. The minimum absolute atomic E-state index is 0.150. The summed E-state index contributed by atoms with van der Waals surface area (Å²) >= 11 is 1.38. The summed E-state index contributed by atoms with van der Waals surface area (Å²) in [5.74, 6) is 0.349. The molecule has 0 bridgehead atoms. The van der Waals surface area contributed by atoms with Crippen LogP contribution in [0.4, 0.5) is 0 Å². The number of fused-ring (bicyclic) bond motifs is 1. The Morgan fingerprint density at radius 2 is 2.00 bits per heavy atom. The number of nitrogens with zero attached hydrogens (tertiary/aromatic N) is 3. The molecular weight excluding hydrogens is 338 g/mol. The maximum atomic E-state index is 12.7. The van der Waals surface area contributed by atoms with Crippen LogP contribution in [0.2, 0.25) is 0 Å². The molecule has 4 rings (SSSR count). The second kappa shape index (κ2) is 6.10. The van der Waals surface area contributed by atoms with Crippen molar-refractivity contribution in [2.24, 2.45) is 0 Å². The molecule has 0 atom stereocenters. The maximum Gasteiger partial charge on any atom is 0.294 e. The van der Waals surface area contributed by atoms with Crippen molar-refractivity contribution in [3.63, 3.8) is 0 Å². The maximum absolute atomic E-state index is 12.7. The standard InChI is InChI=1S/C18H13N3O3S/c1-11-19-16-17(25-11)15(14-8-5-9-24-14)20-21(18(16)23)10-13(22)12-6-3-2-4-7-12/h2-9H,10H2,1H3. The third-order valence-corrected chi connectivity index (χ3v) is 4.73. The fraction of sp³-hybridized carbons (Fsp3) is 0.111. The minimum Gasteiger partial charge on any atom is -0.463 e. The summed E-state index contributed by atoms with van der Waals surface area (Å²) in [4.78, 5) is 29.5. The van der Waals surface area contributed by atoms with Crippen LogP contribution in [0.3, 0.4) is 0 Å². The zero-order valence-electron chi connectivity index (χ0n) is 13.3. The number of aryl methyl sites for hydroxylation is 1. The SMILES string of the molecule is Cc1nc2c(=O)n(CC(=O)c3ccccc3)nc(-c3ccco3)c2s1. The van der Waals surface area contributed by atoms with Crippen molar-refractivity contribution in [3.05, 3.63) is 69.7 Å². The predicted octanol–water partition coefficient (Wildman–Crippen LogP) is 3.30. The molecule has 0 fully saturated rings. The van der Waals surface area contributed by atoms with Gasteiger partial charge in [-0.2, -0.15) is 5.10 Å². The van der Waals surface area contributed by atoms with Gasteiger partial charge >= 0.3 is 0 Å². The van der Waals surface area contributed by atoms with Gasteiger partial charge in [0.05, 0.1) is 16.0 Å². The van der Waals surface area contributed by atoms with Crippen LogP contribution in [0.1, 0.15) is 15.4 Å². The van der Waals surface area contributed by atoms with Gasteiger partial charge in [-0.3, -0.25) is 9.59 Å². The first-order valence-electron chi connectivity index (χ1n) is 7.64. The number of Topliss-reactive ketones (excluding diaryl/α,β-unsaturated/α-hetero) is 1. The highest BCUT2D eigenvalue weighted by Crippen LogP contribution is 2.29. The number of rotatable bonds is 4. The molecule has 6 nitrogen and oxygen atoms in total. The summed E-state index contributed by atoms with van der Waals surface area (Å²) in [6.07, 6.45) is 1.54. The Bertz CT molecular complexity index is 1110. The van der Waals surface area contributed by atoms with Crippen LogP contribution < -0.4 is 5.56 Å². The molecule has 3 aromatic heterocycles. The second-order valence-corrected chi connectivity index (χ2v) is 6.69. The van der Waals surface area contributed by atoms with Crippen LogP contribution in [0, 0.1) is 6.92 Å². The molecule has 0 aliphatic heterocycles. The van der Waals surface area contributed by atoms with Gasteiger partial charge in [0.15, 0.2) is 17.1 Å². The van der Waals surface area contributed by atoms with E-state index in [-0.39, 0.29) is 17.9 Å². The number of benzene rings is 1. The summed E-state index contributed by atoms with van der Waals surface area (Å²) in [6, 6.07) is 12.3. The number of hydrogen-bond donors (Lipinski definition) is 0. The lowest BCUT2D eigenvalue weighted by atomic mass is 10.1. The van der Waals surface area contributed by atoms with Gasteiger partial charge in [0.2, 0.25) is 0 Å². The van der Waals surface area contributed by atoms with Gasteiger partial charge < -0.3 is 4.42 Å². The van der Waals surface area contributed by atoms with Crippen molar-refractivity contribution in [2.45, 2.75) is 13.5 Å². The normalized spacial score (nSPS) is 11.1. The lowest BCUT2D eigenvalue weighted by Crippen LogP contribution is -2.27. The molecule has 25 heavy (non-hydrogen) atoms. The summed E-state index contributed by atoms with van der Waals surface area (Å²) in [5, 5.41) is 5.14. The lowest BCUT2D eigenvalue weighted by molar-refractivity contribution is 0.0966. The highest BCUT2D eigenvalue weighted by atomic mass is 32.1. The fourth-order valence-electron chi connectivity index (χ4n) is 2.60. The molecule has 0 saturated heterocycles. The molecule has 0 aliphatic carbocycles. The minimum atomic E-state index is -0.376. The van der Waals surface area contributed by atoms with E-state index in [9.17, 15) is 9.59 Å². The van der Waals surface area contributed by atoms with E-state index in [0.717, 1.165) is 9.69 Å². The van der Waals surface area contributed by atoms with Crippen LogP contribution in [-0.2, 0) is 6.54 Å². The Balaban J connectivity index is 1.86. The quantitative estimate of drug-likeness (QED) is 0.527. The van der Waals surface area contributed by atoms with E-state index in [2.05, 4.69) is 10.1 Å². The van der Waals surface area contributed by atoms with Gasteiger partial charge in [-0.15, -0.1) is 11.3 Å². The van der Waals surface area contributed by atoms with E-state index in [1.165, 1.54) is 11.3 Å². The second-order valence-electron chi connectivity index (χ2n) is 5.49. The topological polar surface area (TPSA) is 78.0 Å². The highest BCUT2D eigenvalue weighted by molar-refractivity contribution is 7.19. The van der Waals surface area contributed by atoms with Crippen molar-refractivity contribution in [3.8, 4) is 11.5 Å². The monoisotopic (exact) mass is 351 g/mol. The van der Waals surface area contributed by atoms with Crippen LogP contribution in [0.25, 0.3) is 21.7 Å². The van der Waals surface area contributed by atoms with Crippen LogP contribution in [-0.4, -0.2) is 20.5 Å². The third-order valence-electron chi connectivity index (χ3n) is 3.75. The molecular formula is C18H13N3O3S. The van der Waals surface area contributed by atoms with Gasteiger partial charge in [0, 0.05) is 5.56 Å². The molecule has 0 saturated carbocycles. The first-order valence-corrected chi connectivity index (χ1v) is 8.45. The van der Waals surface area contributed by atoms with Crippen molar-refractivity contribution >= 4 is 27.3 Å². The first kappa shape index (κ1) is 15.5. The Labute approximate surface area is 146 Å². The Hall–Kier alpha value is -3.06. The molecule has 4 aromatic rings. The molecule has 0 N–H and O–H groups in total. The molecule has 0 aliphatic rings. The lowest BCUT2D eigenvalue weighted by Gasteiger charge is -2.06. The van der Waals surface area contributed by atoms with Gasteiger partial charge in [0.25, 0.3) is 5.56 Å². The Kier molecular flexibility index (Phi) is 3.77.